The summed E-state index contributed by atoms with van der Waals surface area (Å²) in [7, 11) is -4.14. The predicted octanol–water partition coefficient (Wildman–Crippen LogP) is 4.49. The average Bonchev–Trinajstić information content (AvgIpc) is 2.83. The number of carbonyl (C=O) groups is 1. The van der Waals surface area contributed by atoms with Gasteiger partial charge in [-0.25, -0.2) is 8.42 Å². The Labute approximate surface area is 203 Å². The van der Waals surface area contributed by atoms with E-state index in [4.69, 9.17) is 4.74 Å². The summed E-state index contributed by atoms with van der Waals surface area (Å²) in [4.78, 5) is 25.7. The maximum absolute atomic E-state index is 13.4. The van der Waals surface area contributed by atoms with Gasteiger partial charge in [0.2, 0.25) is 21.2 Å². The fourth-order valence-electron chi connectivity index (χ4n) is 3.86. The Bertz CT molecular complexity index is 1570. The predicted molar refractivity (Wildman–Crippen MR) is 136 cm³/mol. The van der Waals surface area contributed by atoms with Crippen molar-refractivity contribution in [2.75, 3.05) is 11.9 Å². The third-order valence-electron chi connectivity index (χ3n) is 5.67. The van der Waals surface area contributed by atoms with E-state index in [-0.39, 0.29) is 27.6 Å². The largest absolute Gasteiger partial charge is 0.494 e. The molecule has 1 amide bonds. The van der Waals surface area contributed by atoms with Gasteiger partial charge < -0.3 is 14.6 Å². The van der Waals surface area contributed by atoms with Crippen LogP contribution in [-0.2, 0) is 21.2 Å². The van der Waals surface area contributed by atoms with E-state index < -0.39 is 15.3 Å². The van der Waals surface area contributed by atoms with Crippen molar-refractivity contribution < 1.29 is 17.9 Å². The summed E-state index contributed by atoms with van der Waals surface area (Å²) < 4.78 is 33.7. The van der Waals surface area contributed by atoms with E-state index in [1.54, 1.807) is 36.4 Å². The molecule has 0 spiro atoms. The maximum atomic E-state index is 13.4. The second-order valence-corrected chi connectivity index (χ2v) is 10.2. The number of hydrogen-bond donors (Lipinski definition) is 1. The molecule has 0 radical (unpaired) electrons. The number of nitrogens with one attached hydrogen (secondary N) is 1. The molecule has 3 aromatic carbocycles. The van der Waals surface area contributed by atoms with Crippen LogP contribution in [0.5, 0.6) is 5.75 Å². The number of anilines is 1. The summed E-state index contributed by atoms with van der Waals surface area (Å²) in [5.41, 5.74) is 2.46. The third-order valence-corrected chi connectivity index (χ3v) is 7.43. The Morgan fingerprint density at radius 2 is 1.71 bits per heavy atom. The molecule has 1 aromatic heterocycles. The minimum absolute atomic E-state index is 0.0280. The highest BCUT2D eigenvalue weighted by Crippen LogP contribution is 2.24. The molecule has 0 aliphatic carbocycles. The zero-order chi connectivity index (χ0) is 25.2. The summed E-state index contributed by atoms with van der Waals surface area (Å²) in [6, 6.07) is 18.3. The van der Waals surface area contributed by atoms with Crippen molar-refractivity contribution in [1.29, 1.82) is 0 Å². The van der Waals surface area contributed by atoms with Gasteiger partial charge in [0.15, 0.2) is 0 Å². The SMILES string of the molecule is CCOc1ccc(S(=O)(=O)c2cn(CC(=O)Nc3cc(C)ccc3C)c3ccccc3c2=O)cc1. The normalized spacial score (nSPS) is 11.4. The first-order valence-corrected chi connectivity index (χ1v) is 12.7. The summed E-state index contributed by atoms with van der Waals surface area (Å²) >= 11 is 0. The number of aromatic nitrogens is 1. The number of rotatable bonds is 7. The van der Waals surface area contributed by atoms with Crippen LogP contribution >= 0.6 is 0 Å². The van der Waals surface area contributed by atoms with E-state index in [1.807, 2.05) is 39.0 Å². The molecular formula is C27H26N2O5S. The molecule has 0 atom stereocenters. The van der Waals surface area contributed by atoms with Crippen LogP contribution in [0.1, 0.15) is 18.1 Å². The number of ether oxygens (including phenoxy) is 1. The molecule has 1 N–H and O–H groups in total. The average molecular weight is 491 g/mol. The van der Waals surface area contributed by atoms with E-state index >= 15 is 0 Å². The number of hydrogen-bond acceptors (Lipinski definition) is 5. The molecule has 0 saturated carbocycles. The van der Waals surface area contributed by atoms with Gasteiger partial charge in [-0.3, -0.25) is 9.59 Å². The van der Waals surface area contributed by atoms with Gasteiger partial charge >= 0.3 is 0 Å². The molecule has 180 valence electrons. The molecule has 0 unspecified atom stereocenters. The van der Waals surface area contributed by atoms with Crippen molar-refractivity contribution in [3.63, 3.8) is 0 Å². The molecule has 35 heavy (non-hydrogen) atoms. The molecule has 0 aliphatic heterocycles. The molecule has 1 heterocycles. The highest BCUT2D eigenvalue weighted by molar-refractivity contribution is 7.91. The van der Waals surface area contributed by atoms with Gasteiger partial charge in [0.05, 0.1) is 17.0 Å². The molecule has 4 aromatic rings. The number of para-hydroxylation sites is 1. The summed E-state index contributed by atoms with van der Waals surface area (Å²) in [5.74, 6) is 0.197. The Morgan fingerprint density at radius 3 is 2.43 bits per heavy atom. The number of benzene rings is 3. The van der Waals surface area contributed by atoms with E-state index in [0.717, 1.165) is 11.1 Å². The lowest BCUT2D eigenvalue weighted by Crippen LogP contribution is -2.24. The highest BCUT2D eigenvalue weighted by Gasteiger charge is 2.24. The summed E-state index contributed by atoms with van der Waals surface area (Å²) in [6.45, 7) is 5.94. The molecule has 0 saturated heterocycles. The van der Waals surface area contributed by atoms with Crippen molar-refractivity contribution in [2.24, 2.45) is 0 Å². The Kier molecular flexibility index (Phi) is 6.75. The minimum atomic E-state index is -4.14. The number of nitrogens with zero attached hydrogens (tertiary/aromatic N) is 1. The van der Waals surface area contributed by atoms with E-state index in [9.17, 15) is 18.0 Å². The van der Waals surface area contributed by atoms with Crippen LogP contribution in [0.4, 0.5) is 5.69 Å². The number of aryl methyl sites for hydroxylation is 2. The Hall–Kier alpha value is -3.91. The lowest BCUT2D eigenvalue weighted by molar-refractivity contribution is -0.116. The number of amides is 1. The van der Waals surface area contributed by atoms with Crippen LogP contribution in [0.2, 0.25) is 0 Å². The zero-order valence-corrected chi connectivity index (χ0v) is 20.6. The molecule has 7 nitrogen and oxygen atoms in total. The standard InChI is InChI=1S/C27H26N2O5S/c1-4-34-20-11-13-21(14-12-20)35(32,33)25-16-29(24-8-6-5-7-22(24)27(25)31)17-26(30)28-23-15-18(2)9-10-19(23)3/h5-16H,4,17H2,1-3H3,(H,28,30). The molecule has 0 aliphatic rings. The Balaban J connectivity index is 1.76. The van der Waals surface area contributed by atoms with Gasteiger partial charge in [0, 0.05) is 17.3 Å². The van der Waals surface area contributed by atoms with Crippen LogP contribution in [0.25, 0.3) is 10.9 Å². The highest BCUT2D eigenvalue weighted by atomic mass is 32.2. The Morgan fingerprint density at radius 1 is 1.00 bits per heavy atom. The van der Waals surface area contributed by atoms with Gasteiger partial charge in [-0.1, -0.05) is 24.3 Å². The van der Waals surface area contributed by atoms with Gasteiger partial charge in [0.1, 0.15) is 17.2 Å². The van der Waals surface area contributed by atoms with Crippen molar-refractivity contribution in [1.82, 2.24) is 4.57 Å². The van der Waals surface area contributed by atoms with Crippen molar-refractivity contribution in [3.05, 3.63) is 94.3 Å². The fourth-order valence-corrected chi connectivity index (χ4v) is 5.23. The number of sulfone groups is 1. The van der Waals surface area contributed by atoms with Gasteiger partial charge in [0.25, 0.3) is 0 Å². The van der Waals surface area contributed by atoms with Crippen LogP contribution in [0, 0.1) is 13.8 Å². The monoisotopic (exact) mass is 490 g/mol. The molecule has 0 bridgehead atoms. The summed E-state index contributed by atoms with van der Waals surface area (Å²) in [6.07, 6.45) is 1.25. The fraction of sp³-hybridized carbons (Fsp3) is 0.185. The van der Waals surface area contributed by atoms with Crippen molar-refractivity contribution in [3.8, 4) is 5.75 Å². The molecule has 4 rings (SSSR count). The first-order chi connectivity index (χ1) is 16.7. The van der Waals surface area contributed by atoms with E-state index in [1.165, 1.54) is 22.9 Å². The number of pyridine rings is 1. The first kappa shape index (κ1) is 24.2. The van der Waals surface area contributed by atoms with Gasteiger partial charge in [-0.05, 0) is 74.4 Å². The topological polar surface area (TPSA) is 94.5 Å². The zero-order valence-electron chi connectivity index (χ0n) is 19.7. The number of fused-ring (bicyclic) bond motifs is 1. The van der Waals surface area contributed by atoms with Crippen molar-refractivity contribution in [2.45, 2.75) is 37.1 Å². The van der Waals surface area contributed by atoms with Crippen LogP contribution < -0.4 is 15.5 Å². The second-order valence-electron chi connectivity index (χ2n) is 8.24. The van der Waals surface area contributed by atoms with Crippen LogP contribution in [0.3, 0.4) is 0 Å². The summed E-state index contributed by atoms with van der Waals surface area (Å²) in [5, 5.41) is 3.11. The number of carbonyl (C=O) groups excluding carboxylic acids is 1. The van der Waals surface area contributed by atoms with Crippen LogP contribution in [0.15, 0.2) is 87.5 Å². The molecule has 0 fully saturated rings. The quantitative estimate of drug-likeness (QED) is 0.412. The first-order valence-electron chi connectivity index (χ1n) is 11.2. The van der Waals surface area contributed by atoms with Crippen molar-refractivity contribution >= 4 is 32.3 Å². The van der Waals surface area contributed by atoms with Crippen LogP contribution in [-0.4, -0.2) is 25.5 Å². The molecular weight excluding hydrogens is 464 g/mol. The second kappa shape index (κ2) is 9.76. The molecule has 8 heteroatoms. The smallest absolute Gasteiger partial charge is 0.244 e. The van der Waals surface area contributed by atoms with E-state index in [0.29, 0.717) is 23.6 Å². The third kappa shape index (κ3) is 4.97. The van der Waals surface area contributed by atoms with E-state index in [2.05, 4.69) is 5.32 Å². The lowest BCUT2D eigenvalue weighted by atomic mass is 10.1. The maximum Gasteiger partial charge on any atom is 0.244 e. The minimum Gasteiger partial charge on any atom is -0.494 e. The lowest BCUT2D eigenvalue weighted by Gasteiger charge is -2.15. The van der Waals surface area contributed by atoms with Gasteiger partial charge in [-0.2, -0.15) is 0 Å². The van der Waals surface area contributed by atoms with Gasteiger partial charge in [-0.15, -0.1) is 0 Å².